The number of carbonyl (C=O) groups excluding carboxylic acids is 3. The van der Waals surface area contributed by atoms with Gasteiger partial charge in [-0.15, -0.1) is 0 Å². The van der Waals surface area contributed by atoms with Crippen molar-refractivity contribution >= 4 is 18.4 Å². The zero-order chi connectivity index (χ0) is 21.6. The van der Waals surface area contributed by atoms with Gasteiger partial charge < -0.3 is 20.7 Å². The molecule has 0 rings (SSSR count). The van der Waals surface area contributed by atoms with Crippen LogP contribution in [0.4, 0.5) is 18.0 Å². The van der Waals surface area contributed by atoms with E-state index in [0.29, 0.717) is 19.3 Å². The van der Waals surface area contributed by atoms with Gasteiger partial charge in [-0.1, -0.05) is 0 Å². The third kappa shape index (κ3) is 17.4. The molecule has 8 nitrogen and oxygen atoms in total. The van der Waals surface area contributed by atoms with Crippen LogP contribution in [0.5, 0.6) is 0 Å². The minimum absolute atomic E-state index is 0.112. The number of nitrogens with zero attached hydrogens (tertiary/aromatic N) is 1. The minimum Gasteiger partial charge on any atom is -0.444 e. The second kappa shape index (κ2) is 13.2. The zero-order valence-electron chi connectivity index (χ0n) is 16.7. The number of rotatable bonds is 13. The smallest absolute Gasteiger partial charge is 0.407 e. The first-order chi connectivity index (χ1) is 12.9. The molecule has 11 heteroatoms. The van der Waals surface area contributed by atoms with E-state index in [2.05, 4.69) is 16.0 Å². The molecule has 0 aliphatic heterocycles. The molecule has 0 aliphatic rings. The van der Waals surface area contributed by atoms with Crippen LogP contribution in [0.1, 0.15) is 40.0 Å². The average Bonchev–Trinajstić information content (AvgIpc) is 2.52. The zero-order valence-corrected chi connectivity index (χ0v) is 16.7. The van der Waals surface area contributed by atoms with Gasteiger partial charge in [0.1, 0.15) is 5.60 Å². The summed E-state index contributed by atoms with van der Waals surface area (Å²) >= 11 is 0. The quantitative estimate of drug-likeness (QED) is 0.314. The van der Waals surface area contributed by atoms with Crippen molar-refractivity contribution in [1.82, 2.24) is 20.9 Å². The van der Waals surface area contributed by atoms with Crippen LogP contribution in [0.15, 0.2) is 0 Å². The van der Waals surface area contributed by atoms with Crippen molar-refractivity contribution in [2.75, 3.05) is 39.3 Å². The molecule has 0 bridgehead atoms. The molecule has 0 heterocycles. The molecule has 0 fully saturated rings. The summed E-state index contributed by atoms with van der Waals surface area (Å²) in [4.78, 5) is 34.3. The molecule has 3 amide bonds. The highest BCUT2D eigenvalue weighted by atomic mass is 19.4. The van der Waals surface area contributed by atoms with Crippen molar-refractivity contribution in [1.29, 1.82) is 0 Å². The largest absolute Gasteiger partial charge is 0.444 e. The number of carbonyl (C=O) groups is 3. The highest BCUT2D eigenvalue weighted by Crippen LogP contribution is 2.16. The van der Waals surface area contributed by atoms with Gasteiger partial charge in [0.2, 0.25) is 12.3 Å². The highest BCUT2D eigenvalue weighted by molar-refractivity contribution is 5.76. The van der Waals surface area contributed by atoms with Gasteiger partial charge in [0.15, 0.2) is 0 Å². The molecule has 0 aromatic carbocycles. The lowest BCUT2D eigenvalue weighted by Crippen LogP contribution is -2.39. The van der Waals surface area contributed by atoms with Crippen molar-refractivity contribution in [2.45, 2.75) is 51.8 Å². The first kappa shape index (κ1) is 26.0. The Morgan fingerprint density at radius 2 is 1.57 bits per heavy atom. The van der Waals surface area contributed by atoms with Crippen LogP contribution in [-0.4, -0.2) is 74.4 Å². The molecule has 0 aliphatic carbocycles. The number of nitrogens with one attached hydrogen (secondary N) is 3. The number of alkyl carbamates (subject to hydrolysis) is 1. The summed E-state index contributed by atoms with van der Waals surface area (Å²) in [7, 11) is 0. The van der Waals surface area contributed by atoms with Crippen LogP contribution in [-0.2, 0) is 14.3 Å². The topological polar surface area (TPSA) is 99.8 Å². The molecule has 0 saturated heterocycles. The Balaban J connectivity index is 4.14. The molecular formula is C17H31F3N4O4. The molecule has 164 valence electrons. The van der Waals surface area contributed by atoms with E-state index in [-0.39, 0.29) is 45.1 Å². The molecule has 28 heavy (non-hydrogen) atoms. The van der Waals surface area contributed by atoms with Crippen molar-refractivity contribution < 1.29 is 32.3 Å². The van der Waals surface area contributed by atoms with Gasteiger partial charge in [-0.2, -0.15) is 13.2 Å². The Labute approximate surface area is 163 Å². The molecule has 0 atom stereocenters. The second-order valence-electron chi connectivity index (χ2n) is 7.20. The molecule has 0 radical (unpaired) electrons. The van der Waals surface area contributed by atoms with Crippen molar-refractivity contribution in [3.05, 3.63) is 0 Å². The van der Waals surface area contributed by atoms with Gasteiger partial charge in [0.05, 0.1) is 6.54 Å². The van der Waals surface area contributed by atoms with E-state index >= 15 is 0 Å². The number of halogens is 3. The predicted octanol–water partition coefficient (Wildman–Crippen LogP) is 1.41. The fourth-order valence-electron chi connectivity index (χ4n) is 2.19. The van der Waals surface area contributed by atoms with E-state index in [9.17, 15) is 27.6 Å². The minimum atomic E-state index is -4.33. The fraction of sp³-hybridized carbons (Fsp3) is 0.824. The van der Waals surface area contributed by atoms with Crippen LogP contribution in [0.2, 0.25) is 0 Å². The summed E-state index contributed by atoms with van der Waals surface area (Å²) in [6.07, 6.45) is -3.66. The monoisotopic (exact) mass is 412 g/mol. The molecular weight excluding hydrogens is 381 g/mol. The standard InChI is InChI=1S/C17H31F3N4O4/c1-16(2,3)28-15(27)23-8-5-11-24(12-17(18,19)20)10-4-7-22-14(26)6-9-21-13-25/h13H,4-12H2,1-3H3,(H,21,25)(H,22,26)(H,23,27). The number of hydrogen-bond donors (Lipinski definition) is 3. The van der Waals surface area contributed by atoms with Crippen molar-refractivity contribution in [2.24, 2.45) is 0 Å². The molecule has 0 aromatic heterocycles. The lowest BCUT2D eigenvalue weighted by Gasteiger charge is -2.24. The molecule has 3 N–H and O–H groups in total. The van der Waals surface area contributed by atoms with E-state index < -0.39 is 24.4 Å². The maximum Gasteiger partial charge on any atom is 0.407 e. The van der Waals surface area contributed by atoms with Crippen molar-refractivity contribution in [3.8, 4) is 0 Å². The van der Waals surface area contributed by atoms with Crippen LogP contribution >= 0.6 is 0 Å². The molecule has 0 spiro atoms. The number of alkyl halides is 3. The Kier molecular flexibility index (Phi) is 12.2. The van der Waals surface area contributed by atoms with Gasteiger partial charge in [0, 0.05) is 39.1 Å². The number of ether oxygens (including phenoxy) is 1. The lowest BCUT2D eigenvalue weighted by molar-refractivity contribution is -0.146. The van der Waals surface area contributed by atoms with Crippen LogP contribution in [0.25, 0.3) is 0 Å². The number of amides is 3. The fourth-order valence-corrected chi connectivity index (χ4v) is 2.19. The molecule has 0 unspecified atom stereocenters. The van der Waals surface area contributed by atoms with Crippen LogP contribution in [0.3, 0.4) is 0 Å². The summed E-state index contributed by atoms with van der Waals surface area (Å²) in [6.45, 7) is 5.04. The van der Waals surface area contributed by atoms with E-state index in [4.69, 9.17) is 4.74 Å². The van der Waals surface area contributed by atoms with Gasteiger partial charge in [0.25, 0.3) is 0 Å². The number of hydrogen-bond acceptors (Lipinski definition) is 5. The summed E-state index contributed by atoms with van der Waals surface area (Å²) in [5, 5.41) is 7.44. The maximum atomic E-state index is 12.7. The third-order valence-electron chi connectivity index (χ3n) is 3.28. The Morgan fingerprint density at radius 3 is 2.07 bits per heavy atom. The van der Waals surface area contributed by atoms with E-state index in [1.165, 1.54) is 4.90 Å². The van der Waals surface area contributed by atoms with E-state index in [1.54, 1.807) is 20.8 Å². The van der Waals surface area contributed by atoms with Gasteiger partial charge in [-0.25, -0.2) is 4.79 Å². The van der Waals surface area contributed by atoms with Crippen LogP contribution < -0.4 is 16.0 Å². The van der Waals surface area contributed by atoms with E-state index in [0.717, 1.165) is 0 Å². The predicted molar refractivity (Wildman–Crippen MR) is 97.7 cm³/mol. The highest BCUT2D eigenvalue weighted by Gasteiger charge is 2.30. The Morgan fingerprint density at radius 1 is 1.00 bits per heavy atom. The second-order valence-corrected chi connectivity index (χ2v) is 7.20. The van der Waals surface area contributed by atoms with E-state index in [1.807, 2.05) is 0 Å². The first-order valence-electron chi connectivity index (χ1n) is 9.12. The summed E-state index contributed by atoms with van der Waals surface area (Å²) in [5.74, 6) is -0.279. The normalized spacial score (nSPS) is 11.8. The Bertz CT molecular complexity index is 482. The average molecular weight is 412 g/mol. The molecule has 0 aromatic rings. The van der Waals surface area contributed by atoms with Gasteiger partial charge >= 0.3 is 12.3 Å². The first-order valence-corrected chi connectivity index (χ1v) is 9.12. The van der Waals surface area contributed by atoms with Crippen molar-refractivity contribution in [3.63, 3.8) is 0 Å². The Hall–Kier alpha value is -2.04. The van der Waals surface area contributed by atoms with Crippen LogP contribution in [0, 0.1) is 0 Å². The maximum absolute atomic E-state index is 12.7. The van der Waals surface area contributed by atoms with Gasteiger partial charge in [-0.3, -0.25) is 14.5 Å². The summed E-state index contributed by atoms with van der Waals surface area (Å²) < 4.78 is 43.2. The third-order valence-corrected chi connectivity index (χ3v) is 3.28. The van der Waals surface area contributed by atoms with Gasteiger partial charge in [-0.05, 0) is 33.6 Å². The SMILES string of the molecule is CC(C)(C)OC(=O)NCCCN(CCCNC(=O)CCNC=O)CC(F)(F)F. The summed E-state index contributed by atoms with van der Waals surface area (Å²) in [6, 6.07) is 0. The lowest BCUT2D eigenvalue weighted by atomic mass is 10.2. The summed E-state index contributed by atoms with van der Waals surface area (Å²) in [5.41, 5.74) is -0.639. The molecule has 0 saturated carbocycles.